The first-order valence-corrected chi connectivity index (χ1v) is 5.44. The van der Waals surface area contributed by atoms with Crippen molar-refractivity contribution in [3.05, 3.63) is 0 Å². The van der Waals surface area contributed by atoms with Crippen molar-refractivity contribution in [1.29, 1.82) is 0 Å². The summed E-state index contributed by atoms with van der Waals surface area (Å²) in [5, 5.41) is 0. The molecule has 0 N–H and O–H groups in total. The van der Waals surface area contributed by atoms with Crippen LogP contribution in [0.5, 0.6) is 0 Å². The molecule has 0 saturated carbocycles. The van der Waals surface area contributed by atoms with E-state index in [0.717, 1.165) is 6.04 Å². The third kappa shape index (κ3) is 1.32. The zero-order valence-corrected chi connectivity index (χ0v) is 7.20. The van der Waals surface area contributed by atoms with E-state index in [-0.39, 0.29) is 0 Å². The van der Waals surface area contributed by atoms with Gasteiger partial charge in [0.2, 0.25) is 0 Å². The van der Waals surface area contributed by atoms with Gasteiger partial charge in [0.1, 0.15) is 0 Å². The summed E-state index contributed by atoms with van der Waals surface area (Å²) in [6.45, 7) is 2.76. The van der Waals surface area contributed by atoms with Crippen LogP contribution in [-0.2, 0) is 0 Å². The van der Waals surface area contributed by atoms with Crippen molar-refractivity contribution in [1.82, 2.24) is 4.90 Å². The second-order valence-electron chi connectivity index (χ2n) is 3.29. The van der Waals surface area contributed by atoms with Crippen molar-refractivity contribution in [2.24, 2.45) is 0 Å². The van der Waals surface area contributed by atoms with E-state index in [1.807, 2.05) is 0 Å². The minimum atomic E-state index is 0.963. The number of likely N-dealkylation sites (tertiary alicyclic amines) is 1. The zero-order valence-electron chi connectivity index (χ0n) is 6.38. The predicted molar refractivity (Wildman–Crippen MR) is 46.5 cm³/mol. The topological polar surface area (TPSA) is 3.24 Å². The van der Waals surface area contributed by atoms with Gasteiger partial charge in [-0.3, -0.25) is 4.90 Å². The molecule has 2 aliphatic rings. The van der Waals surface area contributed by atoms with Gasteiger partial charge in [-0.05, 0) is 25.9 Å². The number of rotatable bonds is 1. The number of piperidine rings is 1. The van der Waals surface area contributed by atoms with Crippen LogP contribution in [0.4, 0.5) is 0 Å². The maximum Gasteiger partial charge on any atom is 0.0276 e. The molecule has 1 nitrogen and oxygen atoms in total. The van der Waals surface area contributed by atoms with Gasteiger partial charge in [-0.15, -0.1) is 0 Å². The maximum absolute atomic E-state index is 2.68. The molecule has 2 heteroatoms. The monoisotopic (exact) mass is 157 g/mol. The van der Waals surface area contributed by atoms with E-state index in [1.165, 1.54) is 43.9 Å². The molecule has 0 spiro atoms. The van der Waals surface area contributed by atoms with E-state index >= 15 is 0 Å². The van der Waals surface area contributed by atoms with E-state index in [2.05, 4.69) is 16.7 Å². The van der Waals surface area contributed by atoms with Gasteiger partial charge >= 0.3 is 0 Å². The Morgan fingerprint density at radius 2 is 1.70 bits per heavy atom. The van der Waals surface area contributed by atoms with Gasteiger partial charge in [0.15, 0.2) is 0 Å². The molecule has 0 aliphatic carbocycles. The Bertz CT molecular complexity index is 106. The molecule has 2 aliphatic heterocycles. The second kappa shape index (κ2) is 3.14. The third-order valence-corrected chi connectivity index (χ3v) is 3.77. The van der Waals surface area contributed by atoms with E-state index in [9.17, 15) is 0 Å². The molecular weight excluding hydrogens is 142 g/mol. The fourth-order valence-corrected chi connectivity index (χ4v) is 2.59. The Kier molecular flexibility index (Phi) is 2.19. The molecule has 0 bridgehead atoms. The van der Waals surface area contributed by atoms with Crippen LogP contribution in [0.2, 0.25) is 0 Å². The highest BCUT2D eigenvalue weighted by molar-refractivity contribution is 8.00. The molecule has 0 unspecified atom stereocenters. The summed E-state index contributed by atoms with van der Waals surface area (Å²) in [7, 11) is 0. The molecule has 0 aromatic heterocycles. The lowest BCUT2D eigenvalue weighted by atomic mass is 10.1. The normalized spacial score (nSPS) is 30.0. The van der Waals surface area contributed by atoms with Crippen LogP contribution < -0.4 is 0 Å². The van der Waals surface area contributed by atoms with Crippen LogP contribution in [-0.4, -0.2) is 35.5 Å². The summed E-state index contributed by atoms with van der Waals surface area (Å²) in [6, 6.07) is 0.963. The maximum atomic E-state index is 2.68. The summed E-state index contributed by atoms with van der Waals surface area (Å²) in [5.41, 5.74) is 0. The van der Waals surface area contributed by atoms with Crippen LogP contribution in [0, 0.1) is 0 Å². The number of hydrogen-bond acceptors (Lipinski definition) is 2. The number of nitrogens with zero attached hydrogens (tertiary/aromatic N) is 1. The largest absolute Gasteiger partial charge is 0.299 e. The summed E-state index contributed by atoms with van der Waals surface area (Å²) >= 11 is 2.10. The van der Waals surface area contributed by atoms with Crippen LogP contribution >= 0.6 is 11.8 Å². The van der Waals surface area contributed by atoms with Crippen LogP contribution in [0.25, 0.3) is 0 Å². The minimum Gasteiger partial charge on any atom is -0.299 e. The number of thioether (sulfide) groups is 1. The van der Waals surface area contributed by atoms with Gasteiger partial charge < -0.3 is 0 Å². The van der Waals surface area contributed by atoms with Crippen molar-refractivity contribution in [3.63, 3.8) is 0 Å². The number of hydrogen-bond donors (Lipinski definition) is 0. The highest BCUT2D eigenvalue weighted by Crippen LogP contribution is 2.25. The van der Waals surface area contributed by atoms with E-state index in [0.29, 0.717) is 0 Å². The first kappa shape index (κ1) is 6.99. The quantitative estimate of drug-likeness (QED) is 0.568. The Hall–Kier alpha value is 0.310. The molecule has 2 heterocycles. The average molecular weight is 157 g/mol. The molecule has 2 rings (SSSR count). The van der Waals surface area contributed by atoms with Crippen LogP contribution in [0.3, 0.4) is 0 Å². The summed E-state index contributed by atoms with van der Waals surface area (Å²) in [4.78, 5) is 2.68. The summed E-state index contributed by atoms with van der Waals surface area (Å²) in [6.07, 6.45) is 4.36. The molecule has 2 fully saturated rings. The SMILES string of the molecule is C1CCN(C2CSC2)CC1. The first-order valence-electron chi connectivity index (χ1n) is 4.28. The van der Waals surface area contributed by atoms with Crippen molar-refractivity contribution < 1.29 is 0 Å². The molecule has 0 amide bonds. The lowest BCUT2D eigenvalue weighted by Crippen LogP contribution is -2.46. The Labute approximate surface area is 67.2 Å². The van der Waals surface area contributed by atoms with E-state index < -0.39 is 0 Å². The lowest BCUT2D eigenvalue weighted by Gasteiger charge is -2.39. The standard InChI is InChI=1S/C8H15NS/c1-2-4-9(5-3-1)8-6-10-7-8/h8H,1-7H2. The highest BCUT2D eigenvalue weighted by atomic mass is 32.2. The van der Waals surface area contributed by atoms with Crippen molar-refractivity contribution in [3.8, 4) is 0 Å². The van der Waals surface area contributed by atoms with Gasteiger partial charge in [-0.25, -0.2) is 0 Å². The summed E-state index contributed by atoms with van der Waals surface area (Å²) in [5.74, 6) is 2.81. The van der Waals surface area contributed by atoms with Gasteiger partial charge in [-0.1, -0.05) is 6.42 Å². The Morgan fingerprint density at radius 3 is 2.20 bits per heavy atom. The van der Waals surface area contributed by atoms with Crippen LogP contribution in [0.1, 0.15) is 19.3 Å². The molecule has 2 saturated heterocycles. The molecule has 0 radical (unpaired) electrons. The lowest BCUT2D eigenvalue weighted by molar-refractivity contribution is 0.184. The fraction of sp³-hybridized carbons (Fsp3) is 1.00. The average Bonchev–Trinajstić information content (AvgIpc) is 1.86. The van der Waals surface area contributed by atoms with Crippen molar-refractivity contribution in [2.75, 3.05) is 24.6 Å². The molecule has 0 aromatic carbocycles. The van der Waals surface area contributed by atoms with E-state index in [1.54, 1.807) is 0 Å². The molecule has 0 atom stereocenters. The first-order chi connectivity index (χ1) is 4.97. The Balaban J connectivity index is 1.78. The van der Waals surface area contributed by atoms with Crippen LogP contribution in [0.15, 0.2) is 0 Å². The molecule has 0 aromatic rings. The molecular formula is C8H15NS. The highest BCUT2D eigenvalue weighted by Gasteiger charge is 2.25. The van der Waals surface area contributed by atoms with Gasteiger partial charge in [0, 0.05) is 17.5 Å². The summed E-state index contributed by atoms with van der Waals surface area (Å²) < 4.78 is 0. The van der Waals surface area contributed by atoms with Gasteiger partial charge in [-0.2, -0.15) is 11.8 Å². The third-order valence-electron chi connectivity index (χ3n) is 2.53. The van der Waals surface area contributed by atoms with Crippen molar-refractivity contribution >= 4 is 11.8 Å². The fourth-order valence-electron chi connectivity index (χ4n) is 1.72. The second-order valence-corrected chi connectivity index (χ2v) is 4.36. The minimum absolute atomic E-state index is 0.963. The Morgan fingerprint density at radius 1 is 1.00 bits per heavy atom. The van der Waals surface area contributed by atoms with Gasteiger partial charge in [0.25, 0.3) is 0 Å². The predicted octanol–water partition coefficient (Wildman–Crippen LogP) is 1.59. The molecule has 58 valence electrons. The van der Waals surface area contributed by atoms with E-state index in [4.69, 9.17) is 0 Å². The van der Waals surface area contributed by atoms with Crippen molar-refractivity contribution in [2.45, 2.75) is 25.3 Å². The van der Waals surface area contributed by atoms with Gasteiger partial charge in [0.05, 0.1) is 0 Å². The molecule has 10 heavy (non-hydrogen) atoms. The smallest absolute Gasteiger partial charge is 0.0276 e. The zero-order chi connectivity index (χ0) is 6.81.